The third-order valence-corrected chi connectivity index (χ3v) is 10.6. The van der Waals surface area contributed by atoms with E-state index in [4.69, 9.17) is 19.0 Å². The third kappa shape index (κ3) is 10.8. The van der Waals surface area contributed by atoms with Crippen molar-refractivity contribution < 1.29 is 33.4 Å². The Hall–Kier alpha value is -6.13. The Morgan fingerprint density at radius 2 is 1.41 bits per heavy atom. The maximum atomic E-state index is 14.2. The van der Waals surface area contributed by atoms with Crippen LogP contribution >= 0.6 is 0 Å². The lowest BCUT2D eigenvalue weighted by atomic mass is 9.95. The molecule has 10 heteroatoms. The maximum absolute atomic E-state index is 14.2. The summed E-state index contributed by atoms with van der Waals surface area (Å²) in [6.45, 7) is 2.39. The van der Waals surface area contributed by atoms with Crippen LogP contribution in [0.25, 0.3) is 11.1 Å². The first-order valence-electron chi connectivity index (χ1n) is 19.9. The van der Waals surface area contributed by atoms with Crippen molar-refractivity contribution >= 4 is 17.7 Å². The normalized spacial score (nSPS) is 12.6. The van der Waals surface area contributed by atoms with Crippen molar-refractivity contribution in [1.82, 2.24) is 15.7 Å². The molecule has 0 fully saturated rings. The molecule has 0 spiro atoms. The summed E-state index contributed by atoms with van der Waals surface area (Å²) in [5.74, 6) is 0.459. The lowest BCUT2D eigenvalue weighted by Crippen LogP contribution is -2.38. The van der Waals surface area contributed by atoms with E-state index >= 15 is 0 Å². The third-order valence-electron chi connectivity index (χ3n) is 10.6. The number of hydrogen-bond donors (Lipinski definition) is 2. The van der Waals surface area contributed by atoms with Gasteiger partial charge in [0.1, 0.15) is 23.9 Å². The molecule has 0 saturated heterocycles. The number of methoxy groups -OCH3 is 3. The van der Waals surface area contributed by atoms with Gasteiger partial charge in [0.05, 0.1) is 27.9 Å². The smallest absolute Gasteiger partial charge is 0.251 e. The topological polar surface area (TPSA) is 115 Å². The monoisotopic (exact) mass is 783 g/mol. The molecule has 2 N–H and O–H groups in total. The predicted octanol–water partition coefficient (Wildman–Crippen LogP) is 8.25. The molecular weight excluding hydrogens is 731 g/mol. The first kappa shape index (κ1) is 41.5. The van der Waals surface area contributed by atoms with Crippen LogP contribution in [0.1, 0.15) is 70.8 Å². The van der Waals surface area contributed by atoms with E-state index in [0.717, 1.165) is 42.4 Å². The number of nitrogens with zero attached hydrogens (tertiary/aromatic N) is 1. The number of hydrogen-bond acceptors (Lipinski definition) is 7. The van der Waals surface area contributed by atoms with E-state index in [-0.39, 0.29) is 49.9 Å². The molecule has 10 nitrogen and oxygen atoms in total. The highest BCUT2D eigenvalue weighted by Gasteiger charge is 2.28. The second kappa shape index (κ2) is 20.3. The number of carbonyl (C=O) groups is 3. The fourth-order valence-electron chi connectivity index (χ4n) is 7.31. The van der Waals surface area contributed by atoms with Gasteiger partial charge in [-0.2, -0.15) is 0 Å². The standard InChI is InChI=1S/C48H53N3O7/c1-5-6-12-38(28-46(52)51(58-32-33-17-22-42(55-2)23-18-33)31-40-21-24-43(56-3)29-45(40)57-4)47(53)49-30-39-20-19-37(34-13-8-7-9-14-34)27-44(39)48(54)50-41-25-35-15-10-11-16-36(35)26-41/h7-11,13-24,27,29,38,41H,5-6,12,25-26,28,30-32H2,1-4H3,(H,49,53)(H,50,54)/t38-/m1/s1. The average molecular weight is 784 g/mol. The van der Waals surface area contributed by atoms with Gasteiger partial charge in [-0.3, -0.25) is 19.2 Å². The molecule has 0 aliphatic heterocycles. The first-order chi connectivity index (χ1) is 28.3. The van der Waals surface area contributed by atoms with Crippen molar-refractivity contribution in [2.45, 2.75) is 71.2 Å². The molecule has 5 aromatic carbocycles. The minimum absolute atomic E-state index is 0.0232. The summed E-state index contributed by atoms with van der Waals surface area (Å²) in [6, 6.07) is 36.8. The summed E-state index contributed by atoms with van der Waals surface area (Å²) in [7, 11) is 4.74. The molecule has 0 radical (unpaired) electrons. The van der Waals surface area contributed by atoms with Gasteiger partial charge in [-0.05, 0) is 83.0 Å². The molecule has 0 unspecified atom stereocenters. The van der Waals surface area contributed by atoms with E-state index in [1.54, 1.807) is 33.5 Å². The van der Waals surface area contributed by atoms with E-state index in [1.165, 1.54) is 16.2 Å². The number of rotatable bonds is 19. The SMILES string of the molecule is CCCC[C@H](CC(=O)N(Cc1ccc(OC)cc1OC)OCc1ccc(OC)cc1)C(=O)NCc1ccc(-c2ccccc2)cc1C(=O)NC1Cc2ccccc2C1. The van der Waals surface area contributed by atoms with E-state index in [2.05, 4.69) is 29.7 Å². The van der Waals surface area contributed by atoms with Gasteiger partial charge in [-0.1, -0.05) is 98.6 Å². The number of carbonyl (C=O) groups excluding carboxylic acids is 3. The Balaban J connectivity index is 1.19. The van der Waals surface area contributed by atoms with Crippen LogP contribution in [-0.2, 0) is 47.0 Å². The molecule has 6 rings (SSSR count). The van der Waals surface area contributed by atoms with Crippen LogP contribution in [0.2, 0.25) is 0 Å². The molecule has 302 valence electrons. The van der Waals surface area contributed by atoms with Gasteiger partial charge in [0, 0.05) is 42.1 Å². The van der Waals surface area contributed by atoms with Crippen LogP contribution in [0.15, 0.2) is 115 Å². The number of ether oxygens (including phenoxy) is 3. The number of hydroxylamine groups is 2. The van der Waals surface area contributed by atoms with Crippen molar-refractivity contribution in [1.29, 1.82) is 0 Å². The Kier molecular flexibility index (Phi) is 14.6. The van der Waals surface area contributed by atoms with Gasteiger partial charge in [0.2, 0.25) is 11.8 Å². The minimum atomic E-state index is -0.629. The number of fused-ring (bicyclic) bond motifs is 1. The van der Waals surface area contributed by atoms with Crippen LogP contribution in [0.4, 0.5) is 0 Å². The van der Waals surface area contributed by atoms with Gasteiger partial charge < -0.3 is 24.8 Å². The zero-order valence-electron chi connectivity index (χ0n) is 33.8. The second-order valence-electron chi connectivity index (χ2n) is 14.6. The van der Waals surface area contributed by atoms with Crippen molar-refractivity contribution in [3.63, 3.8) is 0 Å². The molecule has 0 saturated carbocycles. The zero-order valence-corrected chi connectivity index (χ0v) is 33.8. The Morgan fingerprint density at radius 1 is 0.741 bits per heavy atom. The zero-order chi connectivity index (χ0) is 40.9. The molecule has 3 amide bonds. The number of benzene rings is 5. The molecule has 0 bridgehead atoms. The molecular formula is C48H53N3O7. The highest BCUT2D eigenvalue weighted by molar-refractivity contribution is 5.97. The van der Waals surface area contributed by atoms with E-state index in [9.17, 15) is 14.4 Å². The van der Waals surface area contributed by atoms with Gasteiger partial charge >= 0.3 is 0 Å². The van der Waals surface area contributed by atoms with Crippen molar-refractivity contribution in [2.24, 2.45) is 5.92 Å². The quantitative estimate of drug-likeness (QED) is 0.0811. The molecule has 58 heavy (non-hydrogen) atoms. The fourth-order valence-corrected chi connectivity index (χ4v) is 7.31. The van der Waals surface area contributed by atoms with Crippen LogP contribution in [0.3, 0.4) is 0 Å². The Morgan fingerprint density at radius 3 is 2.09 bits per heavy atom. The Labute approximate surface area is 341 Å². The largest absolute Gasteiger partial charge is 0.497 e. The van der Waals surface area contributed by atoms with E-state index in [0.29, 0.717) is 40.4 Å². The Bertz CT molecular complexity index is 2130. The summed E-state index contributed by atoms with van der Waals surface area (Å²) in [6.07, 6.45) is 3.59. The molecule has 0 aromatic heterocycles. The number of nitrogens with one attached hydrogen (secondary N) is 2. The van der Waals surface area contributed by atoms with Crippen LogP contribution < -0.4 is 24.8 Å². The lowest BCUT2D eigenvalue weighted by molar-refractivity contribution is -0.197. The van der Waals surface area contributed by atoms with E-state index < -0.39 is 5.92 Å². The maximum Gasteiger partial charge on any atom is 0.251 e. The summed E-state index contributed by atoms with van der Waals surface area (Å²) in [5.41, 5.74) is 7.15. The number of unbranched alkanes of at least 4 members (excludes halogenated alkanes) is 1. The molecule has 5 aromatic rings. The number of amides is 3. The van der Waals surface area contributed by atoms with Crippen LogP contribution in [0.5, 0.6) is 17.2 Å². The van der Waals surface area contributed by atoms with Crippen LogP contribution in [0, 0.1) is 5.92 Å². The van der Waals surface area contributed by atoms with Crippen molar-refractivity contribution in [3.8, 4) is 28.4 Å². The fraction of sp³-hybridized carbons (Fsp3) is 0.312. The lowest BCUT2D eigenvalue weighted by Gasteiger charge is -2.25. The summed E-state index contributed by atoms with van der Waals surface area (Å²) in [5, 5.41) is 7.66. The van der Waals surface area contributed by atoms with Gasteiger partial charge in [-0.25, -0.2) is 5.06 Å². The molecule has 1 aliphatic rings. The average Bonchev–Trinajstić information content (AvgIpc) is 3.68. The summed E-state index contributed by atoms with van der Waals surface area (Å²) in [4.78, 5) is 48.4. The highest BCUT2D eigenvalue weighted by atomic mass is 16.7. The van der Waals surface area contributed by atoms with Crippen LogP contribution in [-0.4, -0.2) is 50.2 Å². The van der Waals surface area contributed by atoms with Crippen molar-refractivity contribution in [3.05, 3.63) is 149 Å². The molecule has 0 heterocycles. The predicted molar refractivity (Wildman–Crippen MR) is 224 cm³/mol. The van der Waals surface area contributed by atoms with Crippen molar-refractivity contribution in [2.75, 3.05) is 21.3 Å². The molecule has 1 aliphatic carbocycles. The second-order valence-corrected chi connectivity index (χ2v) is 14.6. The van der Waals surface area contributed by atoms with E-state index in [1.807, 2.05) is 91.0 Å². The minimum Gasteiger partial charge on any atom is -0.497 e. The first-order valence-corrected chi connectivity index (χ1v) is 19.9. The summed E-state index contributed by atoms with van der Waals surface area (Å²) < 4.78 is 16.3. The van der Waals surface area contributed by atoms with Gasteiger partial charge in [0.25, 0.3) is 5.91 Å². The highest BCUT2D eigenvalue weighted by Crippen LogP contribution is 2.28. The van der Waals surface area contributed by atoms with Gasteiger partial charge in [0.15, 0.2) is 0 Å². The van der Waals surface area contributed by atoms with Gasteiger partial charge in [-0.15, -0.1) is 0 Å². The summed E-state index contributed by atoms with van der Waals surface area (Å²) >= 11 is 0. The molecule has 1 atom stereocenters.